The largest absolute Gasteiger partial charge is 0.316 e. The molecule has 1 unspecified atom stereocenters. The highest BCUT2D eigenvalue weighted by Crippen LogP contribution is 2.62. The predicted octanol–water partition coefficient (Wildman–Crippen LogP) is 4.07. The fourth-order valence-corrected chi connectivity index (χ4v) is 5.33. The molecular formula is C16H35N2O2P. The maximum atomic E-state index is 13.6. The van der Waals surface area contributed by atoms with Crippen LogP contribution in [0.15, 0.2) is 0 Å². The van der Waals surface area contributed by atoms with Crippen LogP contribution in [0.1, 0.15) is 54.4 Å². The third-order valence-electron chi connectivity index (χ3n) is 4.06. The van der Waals surface area contributed by atoms with Gasteiger partial charge >= 0.3 is 0 Å². The van der Waals surface area contributed by atoms with Gasteiger partial charge in [0.25, 0.3) is 7.52 Å². The highest BCUT2D eigenvalue weighted by atomic mass is 31.2. The van der Waals surface area contributed by atoms with E-state index in [9.17, 15) is 4.57 Å². The van der Waals surface area contributed by atoms with Crippen LogP contribution >= 0.6 is 7.52 Å². The van der Waals surface area contributed by atoms with Crippen LogP contribution in [0.2, 0.25) is 0 Å². The van der Waals surface area contributed by atoms with E-state index in [0.717, 1.165) is 25.9 Å². The minimum Gasteiger partial charge on any atom is -0.316 e. The molecule has 5 heteroatoms. The summed E-state index contributed by atoms with van der Waals surface area (Å²) in [4.78, 5) is 2.27. The molecule has 0 aliphatic carbocycles. The molecule has 126 valence electrons. The summed E-state index contributed by atoms with van der Waals surface area (Å²) >= 11 is 0. The minimum absolute atomic E-state index is 0.0306. The first-order valence-electron chi connectivity index (χ1n) is 8.03. The Bertz CT molecular complexity index is 375. The predicted molar refractivity (Wildman–Crippen MR) is 91.0 cm³/mol. The molecule has 0 amide bonds. The number of hydrogen-bond donors (Lipinski definition) is 0. The van der Waals surface area contributed by atoms with Crippen molar-refractivity contribution in [3.05, 3.63) is 0 Å². The summed E-state index contributed by atoms with van der Waals surface area (Å²) in [6.45, 7) is 14.7. The Labute approximate surface area is 131 Å². The van der Waals surface area contributed by atoms with Crippen molar-refractivity contribution < 1.29 is 9.09 Å². The van der Waals surface area contributed by atoms with E-state index < -0.39 is 7.52 Å². The van der Waals surface area contributed by atoms with Gasteiger partial charge in [-0.1, -0.05) is 20.8 Å². The van der Waals surface area contributed by atoms with Gasteiger partial charge in [-0.05, 0) is 53.1 Å². The summed E-state index contributed by atoms with van der Waals surface area (Å²) in [7, 11) is 1.43. The molecule has 1 aliphatic rings. The Hall–Kier alpha value is 0.110. The first-order valence-corrected chi connectivity index (χ1v) is 9.61. The molecule has 1 fully saturated rings. The lowest BCUT2D eigenvalue weighted by molar-refractivity contribution is 0.143. The van der Waals surface area contributed by atoms with Crippen LogP contribution in [0, 0.1) is 5.41 Å². The summed E-state index contributed by atoms with van der Waals surface area (Å²) in [6.07, 6.45) is 2.12. The van der Waals surface area contributed by atoms with Crippen molar-refractivity contribution in [2.75, 3.05) is 33.8 Å². The van der Waals surface area contributed by atoms with E-state index in [0.29, 0.717) is 12.6 Å². The van der Waals surface area contributed by atoms with Gasteiger partial charge in [0, 0.05) is 19.1 Å². The molecule has 0 radical (unpaired) electrons. The third kappa shape index (κ3) is 5.06. The second-order valence-electron chi connectivity index (χ2n) is 8.67. The molecule has 4 nitrogen and oxygen atoms in total. The van der Waals surface area contributed by atoms with Gasteiger partial charge in [-0.2, -0.15) is 0 Å². The van der Waals surface area contributed by atoms with E-state index in [1.807, 2.05) is 20.8 Å². The lowest BCUT2D eigenvalue weighted by Gasteiger charge is -2.44. The normalized spacial score (nSPS) is 22.5. The molecule has 1 aliphatic heterocycles. The molecule has 0 aromatic carbocycles. The van der Waals surface area contributed by atoms with Crippen LogP contribution in [0.4, 0.5) is 0 Å². The fraction of sp³-hybridized carbons (Fsp3) is 1.00. The van der Waals surface area contributed by atoms with Gasteiger partial charge in [0.15, 0.2) is 0 Å². The Morgan fingerprint density at radius 2 is 1.57 bits per heavy atom. The van der Waals surface area contributed by atoms with Gasteiger partial charge in [0.05, 0.1) is 11.8 Å². The maximum absolute atomic E-state index is 13.6. The molecule has 1 rings (SSSR count). The summed E-state index contributed by atoms with van der Waals surface area (Å²) in [5, 5.41) is -0.344. The van der Waals surface area contributed by atoms with Crippen molar-refractivity contribution in [3.8, 4) is 0 Å². The van der Waals surface area contributed by atoms with Crippen LogP contribution in [-0.4, -0.2) is 54.6 Å². The summed E-state index contributed by atoms with van der Waals surface area (Å²) in [6, 6.07) is 0.595. The van der Waals surface area contributed by atoms with Gasteiger partial charge < -0.3 is 9.42 Å². The minimum atomic E-state index is -2.82. The van der Waals surface area contributed by atoms with Crippen molar-refractivity contribution in [2.24, 2.45) is 5.41 Å². The number of piperidine rings is 1. The molecule has 1 saturated heterocycles. The van der Waals surface area contributed by atoms with Crippen LogP contribution < -0.4 is 0 Å². The summed E-state index contributed by atoms with van der Waals surface area (Å²) in [5.74, 6) is 0. The van der Waals surface area contributed by atoms with Gasteiger partial charge in [-0.3, -0.25) is 4.57 Å². The van der Waals surface area contributed by atoms with E-state index in [4.69, 9.17) is 4.52 Å². The van der Waals surface area contributed by atoms with Gasteiger partial charge in [-0.15, -0.1) is 0 Å². The first kappa shape index (κ1) is 19.2. The quantitative estimate of drug-likeness (QED) is 0.732. The van der Waals surface area contributed by atoms with Crippen molar-refractivity contribution in [2.45, 2.75) is 65.6 Å². The van der Waals surface area contributed by atoms with Crippen molar-refractivity contribution >= 4 is 7.52 Å². The highest BCUT2D eigenvalue weighted by molar-refractivity contribution is 7.58. The smallest absolute Gasteiger partial charge is 0.277 e. The lowest BCUT2D eigenvalue weighted by Crippen LogP contribution is -2.43. The van der Waals surface area contributed by atoms with E-state index in [-0.39, 0.29) is 10.6 Å². The third-order valence-corrected chi connectivity index (χ3v) is 7.38. The zero-order valence-corrected chi connectivity index (χ0v) is 16.2. The molecular weight excluding hydrogens is 283 g/mol. The molecule has 21 heavy (non-hydrogen) atoms. The summed E-state index contributed by atoms with van der Waals surface area (Å²) < 4.78 is 21.8. The average molecular weight is 318 g/mol. The molecule has 0 bridgehead atoms. The Morgan fingerprint density at radius 3 is 1.90 bits per heavy atom. The van der Waals surface area contributed by atoms with Crippen molar-refractivity contribution in [1.82, 2.24) is 9.57 Å². The fourth-order valence-electron chi connectivity index (χ4n) is 2.61. The Kier molecular flexibility index (Phi) is 6.11. The number of nitrogens with zero attached hydrogens (tertiary/aromatic N) is 2. The second kappa shape index (κ2) is 6.70. The number of rotatable bonds is 4. The molecule has 0 saturated carbocycles. The van der Waals surface area contributed by atoms with Crippen LogP contribution in [0.3, 0.4) is 0 Å². The van der Waals surface area contributed by atoms with Crippen LogP contribution in [0.25, 0.3) is 0 Å². The van der Waals surface area contributed by atoms with Gasteiger partial charge in [-0.25, -0.2) is 4.67 Å². The highest BCUT2D eigenvalue weighted by Gasteiger charge is 2.45. The van der Waals surface area contributed by atoms with E-state index in [1.165, 1.54) is 0 Å². The average Bonchev–Trinajstić information content (AvgIpc) is 2.33. The van der Waals surface area contributed by atoms with Crippen LogP contribution in [0.5, 0.6) is 0 Å². The zero-order chi connectivity index (χ0) is 16.5. The van der Waals surface area contributed by atoms with E-state index in [1.54, 1.807) is 0 Å². The number of hydrogen-bond acceptors (Lipinski definition) is 3. The Morgan fingerprint density at radius 1 is 1.10 bits per heavy atom. The summed E-state index contributed by atoms with van der Waals surface area (Å²) in [5.41, 5.74) is 0.0306. The van der Waals surface area contributed by atoms with Crippen molar-refractivity contribution in [1.29, 1.82) is 0 Å². The molecule has 1 atom stereocenters. The molecule has 0 spiro atoms. The topological polar surface area (TPSA) is 32.8 Å². The van der Waals surface area contributed by atoms with Gasteiger partial charge in [0.1, 0.15) is 0 Å². The first-order chi connectivity index (χ1) is 9.37. The molecule has 1 heterocycles. The van der Waals surface area contributed by atoms with Crippen LogP contribution in [-0.2, 0) is 9.09 Å². The SMILES string of the molecule is CN(C)C1CCN(P(=O)(OCC(C)(C)C)C(C)(C)C)CC1. The molecule has 0 aromatic rings. The maximum Gasteiger partial charge on any atom is 0.277 e. The van der Waals surface area contributed by atoms with E-state index >= 15 is 0 Å². The lowest BCUT2D eigenvalue weighted by atomic mass is 9.99. The monoisotopic (exact) mass is 318 g/mol. The second-order valence-corrected chi connectivity index (χ2v) is 11.9. The zero-order valence-electron chi connectivity index (χ0n) is 15.3. The Balaban J connectivity index is 2.83. The molecule has 0 aromatic heterocycles. The molecule has 0 N–H and O–H groups in total. The van der Waals surface area contributed by atoms with Crippen molar-refractivity contribution in [3.63, 3.8) is 0 Å². The van der Waals surface area contributed by atoms with Gasteiger partial charge in [0.2, 0.25) is 0 Å². The standard InChI is InChI=1S/C16H35N2O2P/c1-15(2,3)13-20-21(19,16(4,5)6)18-11-9-14(10-12-18)17(7)8/h14H,9-13H2,1-8H3. The van der Waals surface area contributed by atoms with E-state index in [2.05, 4.69) is 44.4 Å².